The highest BCUT2D eigenvalue weighted by Gasteiger charge is 2.16. The summed E-state index contributed by atoms with van der Waals surface area (Å²) >= 11 is 3.81. The van der Waals surface area contributed by atoms with Crippen molar-refractivity contribution in [2.75, 3.05) is 5.75 Å². The molecule has 1 fully saturated rings. The van der Waals surface area contributed by atoms with Crippen LogP contribution in [0.3, 0.4) is 0 Å². The lowest BCUT2D eigenvalue weighted by Crippen LogP contribution is -2.19. The van der Waals surface area contributed by atoms with Gasteiger partial charge in [-0.15, -0.1) is 11.8 Å². The molecule has 1 saturated heterocycles. The van der Waals surface area contributed by atoms with Crippen molar-refractivity contribution in [1.29, 1.82) is 0 Å². The van der Waals surface area contributed by atoms with Gasteiger partial charge in [0.05, 0.1) is 5.75 Å². The third-order valence-electron chi connectivity index (χ3n) is 0.635. The molecule has 1 amide bonds. The Bertz CT molecular complexity index is 96.9. The molecule has 1 heterocycles. The molecule has 0 aromatic heterocycles. The van der Waals surface area contributed by atoms with Crippen LogP contribution in [0.15, 0.2) is 0 Å². The van der Waals surface area contributed by atoms with Crippen molar-refractivity contribution in [3.8, 4) is 0 Å². The summed E-state index contributed by atoms with van der Waals surface area (Å²) in [6.07, 6.45) is 0. The number of carbonyl (C=O) groups is 1. The van der Waals surface area contributed by atoms with Gasteiger partial charge in [-0.2, -0.15) is 0 Å². The number of alkyl halides is 1. The molecule has 0 aliphatic carbocycles. The van der Waals surface area contributed by atoms with Crippen LogP contribution in [0, 0.1) is 0 Å². The number of halogens is 1. The Hall–Kier alpha value is 0.550. The zero-order valence-corrected chi connectivity index (χ0v) is 6.45. The largest absolute Gasteiger partial charge is 0.335 e. The Morgan fingerprint density at radius 1 is 2.00 bits per heavy atom. The van der Waals surface area contributed by atoms with Crippen molar-refractivity contribution >= 4 is 40.3 Å². The van der Waals surface area contributed by atoms with Crippen LogP contribution in [0.2, 0.25) is 0 Å². The molecule has 0 aromatic carbocycles. The number of carbonyl (C=O) groups excluding carboxylic acids is 1. The van der Waals surface area contributed by atoms with E-state index < -0.39 is 0 Å². The molecular weight excluding hydrogens is 225 g/mol. The van der Waals surface area contributed by atoms with Gasteiger partial charge in [-0.25, -0.2) is 0 Å². The standard InChI is InChI=1S/C3H4INOS/c4-3-5-2(6)1-7-3/h3H,1H2,(H,5,6). The van der Waals surface area contributed by atoms with Gasteiger partial charge in [0.1, 0.15) is 3.38 Å². The van der Waals surface area contributed by atoms with Crippen molar-refractivity contribution in [3.05, 3.63) is 0 Å². The molecule has 0 aromatic rings. The molecule has 40 valence electrons. The normalized spacial score (nSPS) is 30.4. The molecule has 1 N–H and O–H groups in total. The summed E-state index contributed by atoms with van der Waals surface area (Å²) in [5.41, 5.74) is 0. The molecule has 1 aliphatic rings. The first-order chi connectivity index (χ1) is 3.29. The quantitative estimate of drug-likeness (QED) is 0.373. The fourth-order valence-corrected chi connectivity index (χ4v) is 1.84. The van der Waals surface area contributed by atoms with E-state index in [1.54, 1.807) is 11.8 Å². The molecule has 7 heavy (non-hydrogen) atoms. The average Bonchev–Trinajstić information content (AvgIpc) is 1.87. The number of thioether (sulfide) groups is 1. The fraction of sp³-hybridized carbons (Fsp3) is 0.667. The van der Waals surface area contributed by atoms with E-state index in [1.807, 2.05) is 0 Å². The van der Waals surface area contributed by atoms with Crippen molar-refractivity contribution < 1.29 is 4.79 Å². The Kier molecular flexibility index (Phi) is 1.80. The number of amides is 1. The van der Waals surface area contributed by atoms with E-state index in [-0.39, 0.29) is 5.91 Å². The maximum absolute atomic E-state index is 10.3. The van der Waals surface area contributed by atoms with E-state index in [9.17, 15) is 4.79 Å². The second kappa shape index (κ2) is 2.21. The SMILES string of the molecule is O=C1CSC(I)N1. The average molecular weight is 229 g/mol. The molecule has 2 nitrogen and oxygen atoms in total. The van der Waals surface area contributed by atoms with Crippen LogP contribution >= 0.6 is 34.4 Å². The number of nitrogens with one attached hydrogen (secondary N) is 1. The first-order valence-electron chi connectivity index (χ1n) is 1.84. The zero-order chi connectivity index (χ0) is 5.28. The van der Waals surface area contributed by atoms with Crippen LogP contribution in [0.4, 0.5) is 0 Å². The first kappa shape index (κ1) is 5.68. The smallest absolute Gasteiger partial charge is 0.231 e. The van der Waals surface area contributed by atoms with Gasteiger partial charge in [-0.1, -0.05) is 0 Å². The van der Waals surface area contributed by atoms with Crippen LogP contribution in [0.25, 0.3) is 0 Å². The van der Waals surface area contributed by atoms with Crippen LogP contribution in [-0.2, 0) is 4.79 Å². The summed E-state index contributed by atoms with van der Waals surface area (Å²) in [6.45, 7) is 0. The van der Waals surface area contributed by atoms with Crippen molar-refractivity contribution in [2.24, 2.45) is 0 Å². The summed E-state index contributed by atoms with van der Waals surface area (Å²) in [6, 6.07) is 0. The number of rotatable bonds is 0. The van der Waals surface area contributed by atoms with E-state index in [4.69, 9.17) is 0 Å². The van der Waals surface area contributed by atoms with Gasteiger partial charge in [0.2, 0.25) is 5.91 Å². The summed E-state index contributed by atoms with van der Waals surface area (Å²) in [4.78, 5) is 10.3. The Morgan fingerprint density at radius 3 is 2.86 bits per heavy atom. The van der Waals surface area contributed by atoms with Gasteiger partial charge in [-0.05, 0) is 22.6 Å². The van der Waals surface area contributed by atoms with Gasteiger partial charge in [0, 0.05) is 0 Å². The molecule has 0 radical (unpaired) electrons. The number of hydrogen-bond donors (Lipinski definition) is 1. The summed E-state index contributed by atoms with van der Waals surface area (Å²) < 4.78 is 0.310. The Labute approximate surface area is 59.6 Å². The van der Waals surface area contributed by atoms with Crippen molar-refractivity contribution in [2.45, 2.75) is 3.38 Å². The highest BCUT2D eigenvalue weighted by atomic mass is 127. The van der Waals surface area contributed by atoms with Crippen molar-refractivity contribution in [1.82, 2.24) is 5.32 Å². The molecule has 1 aliphatic heterocycles. The third kappa shape index (κ3) is 1.49. The van der Waals surface area contributed by atoms with E-state index in [0.717, 1.165) is 0 Å². The predicted octanol–water partition coefficient (Wildman–Crippen LogP) is 0.568. The van der Waals surface area contributed by atoms with E-state index in [2.05, 4.69) is 27.9 Å². The summed E-state index contributed by atoms with van der Waals surface area (Å²) in [5, 5.41) is 2.73. The van der Waals surface area contributed by atoms with E-state index in [1.165, 1.54) is 0 Å². The minimum Gasteiger partial charge on any atom is -0.335 e. The van der Waals surface area contributed by atoms with E-state index in [0.29, 0.717) is 9.13 Å². The Morgan fingerprint density at radius 2 is 2.71 bits per heavy atom. The zero-order valence-electron chi connectivity index (χ0n) is 3.48. The second-order valence-corrected chi connectivity index (χ2v) is 4.38. The molecule has 0 saturated carbocycles. The van der Waals surface area contributed by atoms with Crippen LogP contribution < -0.4 is 5.32 Å². The summed E-state index contributed by atoms with van der Waals surface area (Å²) in [7, 11) is 0. The lowest BCUT2D eigenvalue weighted by Gasteiger charge is -1.92. The fourth-order valence-electron chi connectivity index (χ4n) is 0.359. The minimum absolute atomic E-state index is 0.157. The molecule has 0 spiro atoms. The molecule has 1 unspecified atom stereocenters. The van der Waals surface area contributed by atoms with Gasteiger partial charge < -0.3 is 5.32 Å². The highest BCUT2D eigenvalue weighted by Crippen LogP contribution is 2.19. The minimum atomic E-state index is 0.157. The lowest BCUT2D eigenvalue weighted by molar-refractivity contribution is -0.117. The van der Waals surface area contributed by atoms with Gasteiger partial charge in [-0.3, -0.25) is 4.79 Å². The monoisotopic (exact) mass is 229 g/mol. The van der Waals surface area contributed by atoms with Crippen molar-refractivity contribution in [3.63, 3.8) is 0 Å². The van der Waals surface area contributed by atoms with Crippen LogP contribution in [-0.4, -0.2) is 15.0 Å². The van der Waals surface area contributed by atoms with Crippen LogP contribution in [0.5, 0.6) is 0 Å². The van der Waals surface area contributed by atoms with Crippen LogP contribution in [0.1, 0.15) is 0 Å². The molecule has 4 heteroatoms. The van der Waals surface area contributed by atoms with Gasteiger partial charge in [0.15, 0.2) is 0 Å². The van der Waals surface area contributed by atoms with Gasteiger partial charge >= 0.3 is 0 Å². The molecule has 1 rings (SSSR count). The Balaban J connectivity index is 2.40. The maximum atomic E-state index is 10.3. The molecular formula is C3H4INOS. The first-order valence-corrected chi connectivity index (χ1v) is 4.13. The molecule has 1 atom stereocenters. The second-order valence-electron chi connectivity index (χ2n) is 1.19. The van der Waals surface area contributed by atoms with E-state index >= 15 is 0 Å². The van der Waals surface area contributed by atoms with Gasteiger partial charge in [0.25, 0.3) is 0 Å². The maximum Gasteiger partial charge on any atom is 0.231 e. The topological polar surface area (TPSA) is 29.1 Å². The summed E-state index contributed by atoms with van der Waals surface area (Å²) in [5.74, 6) is 0.789. The molecule has 0 bridgehead atoms. The lowest BCUT2D eigenvalue weighted by atomic mass is 10.7. The highest BCUT2D eigenvalue weighted by molar-refractivity contribution is 14.1. The third-order valence-corrected chi connectivity index (χ3v) is 2.86. The predicted molar refractivity (Wildman–Crippen MR) is 38.4 cm³/mol. The number of hydrogen-bond acceptors (Lipinski definition) is 2.